The zero-order valence-electron chi connectivity index (χ0n) is 15.3. The summed E-state index contributed by atoms with van der Waals surface area (Å²) in [5.41, 5.74) is 1.70. The zero-order valence-corrected chi connectivity index (χ0v) is 15.3. The van der Waals surface area contributed by atoms with E-state index in [-0.39, 0.29) is 12.4 Å². The van der Waals surface area contributed by atoms with E-state index in [1.54, 1.807) is 19.2 Å². The van der Waals surface area contributed by atoms with E-state index in [1.807, 2.05) is 41.3 Å². The number of aliphatic hydroxyl groups is 1. The second kappa shape index (κ2) is 11.8. The van der Waals surface area contributed by atoms with Crippen LogP contribution in [0.1, 0.15) is 17.5 Å². The van der Waals surface area contributed by atoms with Crippen LogP contribution in [0.25, 0.3) is 0 Å². The van der Waals surface area contributed by atoms with Gasteiger partial charge in [-0.1, -0.05) is 48.5 Å². The molecule has 1 N–H and O–H groups in total. The van der Waals surface area contributed by atoms with Gasteiger partial charge in [0.15, 0.2) is 0 Å². The maximum absolute atomic E-state index is 13.9. The highest BCUT2D eigenvalue weighted by atomic mass is 19.1. The van der Waals surface area contributed by atoms with Crippen LogP contribution in [0.3, 0.4) is 0 Å². The Bertz CT molecular complexity index is 624. The highest BCUT2D eigenvalue weighted by Crippen LogP contribution is 2.11. The number of halogens is 1. The summed E-state index contributed by atoms with van der Waals surface area (Å²) in [7, 11) is 1.66. The van der Waals surface area contributed by atoms with Gasteiger partial charge >= 0.3 is 0 Å². The summed E-state index contributed by atoms with van der Waals surface area (Å²) < 4.78 is 24.6. The van der Waals surface area contributed by atoms with Crippen molar-refractivity contribution in [2.24, 2.45) is 0 Å². The van der Waals surface area contributed by atoms with Gasteiger partial charge in [-0.05, 0) is 18.1 Å². The van der Waals surface area contributed by atoms with E-state index in [0.717, 1.165) is 18.5 Å². The average Bonchev–Trinajstić information content (AvgIpc) is 2.64. The van der Waals surface area contributed by atoms with Crippen molar-refractivity contribution < 1.29 is 19.0 Å². The maximum Gasteiger partial charge on any atom is 0.127 e. The summed E-state index contributed by atoms with van der Waals surface area (Å²) >= 11 is 0. The first kappa shape index (κ1) is 20.5. The lowest BCUT2D eigenvalue weighted by atomic mass is 10.2. The molecule has 26 heavy (non-hydrogen) atoms. The Morgan fingerprint density at radius 1 is 1.08 bits per heavy atom. The van der Waals surface area contributed by atoms with Gasteiger partial charge in [-0.3, -0.25) is 4.90 Å². The first-order chi connectivity index (χ1) is 12.7. The van der Waals surface area contributed by atoms with Crippen LogP contribution < -0.4 is 0 Å². The van der Waals surface area contributed by atoms with E-state index in [9.17, 15) is 9.50 Å². The number of rotatable bonds is 12. The van der Waals surface area contributed by atoms with Crippen LogP contribution in [0.15, 0.2) is 54.6 Å². The number of methoxy groups -OCH3 is 1. The second-order valence-electron chi connectivity index (χ2n) is 6.33. The summed E-state index contributed by atoms with van der Waals surface area (Å²) in [6.45, 7) is 2.94. The van der Waals surface area contributed by atoms with Gasteiger partial charge < -0.3 is 14.6 Å². The highest BCUT2D eigenvalue weighted by Gasteiger charge is 2.14. The molecule has 0 heterocycles. The average molecular weight is 361 g/mol. The number of ether oxygens (including phenoxy) is 2. The number of hydrogen-bond acceptors (Lipinski definition) is 4. The van der Waals surface area contributed by atoms with E-state index in [2.05, 4.69) is 0 Å². The number of hydrogen-bond donors (Lipinski definition) is 1. The topological polar surface area (TPSA) is 41.9 Å². The molecular weight excluding hydrogens is 333 g/mol. The largest absolute Gasteiger partial charge is 0.389 e. The molecule has 2 rings (SSSR count). The summed E-state index contributed by atoms with van der Waals surface area (Å²) in [6.07, 6.45) is 0.191. The normalized spacial score (nSPS) is 12.5. The van der Waals surface area contributed by atoms with Crippen molar-refractivity contribution in [3.05, 3.63) is 71.5 Å². The molecule has 0 aliphatic rings. The Kier molecular flexibility index (Phi) is 9.28. The Balaban J connectivity index is 1.83. The first-order valence-electron chi connectivity index (χ1n) is 8.93. The minimum atomic E-state index is -0.631. The summed E-state index contributed by atoms with van der Waals surface area (Å²) in [5.74, 6) is -0.223. The molecule has 5 heteroatoms. The molecule has 0 aliphatic heterocycles. The van der Waals surface area contributed by atoms with Crippen molar-refractivity contribution >= 4 is 0 Å². The molecule has 0 amide bonds. The number of benzene rings is 2. The van der Waals surface area contributed by atoms with Gasteiger partial charge in [0.1, 0.15) is 5.82 Å². The fourth-order valence-corrected chi connectivity index (χ4v) is 2.77. The van der Waals surface area contributed by atoms with Crippen molar-refractivity contribution in [1.82, 2.24) is 4.90 Å². The van der Waals surface area contributed by atoms with Crippen LogP contribution in [0.5, 0.6) is 0 Å². The van der Waals surface area contributed by atoms with Gasteiger partial charge in [0.05, 0.1) is 19.3 Å². The molecule has 0 spiro atoms. The minimum Gasteiger partial charge on any atom is -0.389 e. The van der Waals surface area contributed by atoms with Crippen LogP contribution in [0.2, 0.25) is 0 Å². The summed E-state index contributed by atoms with van der Waals surface area (Å²) in [6, 6.07) is 16.6. The van der Waals surface area contributed by atoms with Crippen molar-refractivity contribution in [1.29, 1.82) is 0 Å². The second-order valence-corrected chi connectivity index (χ2v) is 6.33. The van der Waals surface area contributed by atoms with E-state index >= 15 is 0 Å². The standard InChI is InChI=1S/C21H28FNO3/c1-25-13-7-12-23(14-19-10-5-6-11-21(19)22)15-20(24)17-26-16-18-8-3-2-4-9-18/h2-6,8-11,20,24H,7,12-17H2,1H3/t20-/m1/s1. The summed E-state index contributed by atoms with van der Waals surface area (Å²) in [5, 5.41) is 10.3. The lowest BCUT2D eigenvalue weighted by Crippen LogP contribution is -2.35. The van der Waals surface area contributed by atoms with Crippen molar-refractivity contribution in [2.45, 2.75) is 25.7 Å². The monoisotopic (exact) mass is 361 g/mol. The summed E-state index contributed by atoms with van der Waals surface area (Å²) in [4.78, 5) is 2.04. The zero-order chi connectivity index (χ0) is 18.6. The van der Waals surface area contributed by atoms with Gasteiger partial charge in [-0.2, -0.15) is 0 Å². The van der Waals surface area contributed by atoms with Gasteiger partial charge in [-0.15, -0.1) is 0 Å². The van der Waals surface area contributed by atoms with E-state index in [0.29, 0.717) is 31.9 Å². The molecule has 2 aromatic rings. The van der Waals surface area contributed by atoms with Crippen molar-refractivity contribution in [3.63, 3.8) is 0 Å². The van der Waals surface area contributed by atoms with Crippen LogP contribution in [0.4, 0.5) is 4.39 Å². The molecule has 0 bridgehead atoms. The Hall–Kier alpha value is -1.79. The molecule has 1 atom stereocenters. The Morgan fingerprint density at radius 2 is 1.81 bits per heavy atom. The van der Waals surface area contributed by atoms with Gasteiger partial charge in [0, 0.05) is 38.9 Å². The fourth-order valence-electron chi connectivity index (χ4n) is 2.77. The first-order valence-corrected chi connectivity index (χ1v) is 8.93. The third-order valence-electron chi connectivity index (χ3n) is 4.07. The molecule has 0 radical (unpaired) electrons. The third kappa shape index (κ3) is 7.62. The Labute approximate surface area is 155 Å². The molecule has 0 saturated carbocycles. The number of aliphatic hydroxyl groups excluding tert-OH is 1. The van der Waals surface area contributed by atoms with Gasteiger partial charge in [0.2, 0.25) is 0 Å². The molecule has 0 saturated heterocycles. The molecule has 4 nitrogen and oxygen atoms in total. The van der Waals surface area contributed by atoms with Crippen LogP contribution in [-0.2, 0) is 22.6 Å². The van der Waals surface area contributed by atoms with E-state index < -0.39 is 6.10 Å². The quantitative estimate of drug-likeness (QED) is 0.590. The van der Waals surface area contributed by atoms with Crippen molar-refractivity contribution in [2.75, 3.05) is 33.4 Å². The highest BCUT2D eigenvalue weighted by molar-refractivity contribution is 5.17. The van der Waals surface area contributed by atoms with E-state index in [4.69, 9.17) is 9.47 Å². The van der Waals surface area contributed by atoms with Gasteiger partial charge in [-0.25, -0.2) is 4.39 Å². The maximum atomic E-state index is 13.9. The lowest BCUT2D eigenvalue weighted by Gasteiger charge is -2.25. The SMILES string of the molecule is COCCCN(Cc1ccccc1F)C[C@@H](O)COCc1ccccc1. The van der Waals surface area contributed by atoms with Crippen LogP contribution in [-0.4, -0.2) is 49.5 Å². The van der Waals surface area contributed by atoms with E-state index in [1.165, 1.54) is 6.07 Å². The fraction of sp³-hybridized carbons (Fsp3) is 0.429. The molecule has 142 valence electrons. The molecule has 0 aliphatic carbocycles. The molecule has 2 aromatic carbocycles. The smallest absolute Gasteiger partial charge is 0.127 e. The molecule has 0 fully saturated rings. The van der Waals surface area contributed by atoms with Crippen molar-refractivity contribution in [3.8, 4) is 0 Å². The molecular formula is C21H28FNO3. The van der Waals surface area contributed by atoms with Gasteiger partial charge in [0.25, 0.3) is 0 Å². The van der Waals surface area contributed by atoms with Crippen LogP contribution >= 0.6 is 0 Å². The minimum absolute atomic E-state index is 0.223. The van der Waals surface area contributed by atoms with Crippen LogP contribution in [0, 0.1) is 5.82 Å². The predicted octanol–water partition coefficient (Wildman–Crippen LogP) is 3.24. The lowest BCUT2D eigenvalue weighted by molar-refractivity contribution is 0.00723. The molecule has 0 aromatic heterocycles. The molecule has 0 unspecified atom stereocenters. The predicted molar refractivity (Wildman–Crippen MR) is 100 cm³/mol. The Morgan fingerprint density at radius 3 is 2.54 bits per heavy atom. The third-order valence-corrected chi connectivity index (χ3v) is 4.07. The number of nitrogens with zero attached hydrogens (tertiary/aromatic N) is 1.